The molecule has 0 saturated heterocycles. The number of nitrogens with zero attached hydrogens (tertiary/aromatic N) is 1. The number of aromatic hydroxyl groups is 1. The van der Waals surface area contributed by atoms with E-state index in [0.29, 0.717) is 19.3 Å². The zero-order valence-corrected chi connectivity index (χ0v) is 15.8. The molecule has 0 heterocycles. The Balaban J connectivity index is 2.26. The normalized spacial score (nSPS) is 11.0. The topological polar surface area (TPSA) is 73.1 Å². The molecule has 0 saturated carbocycles. The molecule has 0 aliphatic heterocycles. The number of carbonyl (C=O) groups is 1. The van der Waals surface area contributed by atoms with Gasteiger partial charge in [0.25, 0.3) is 5.91 Å². The second-order valence-electron chi connectivity index (χ2n) is 4.82. The monoisotopic (exact) mass is 482 g/mol. The van der Waals surface area contributed by atoms with Crippen LogP contribution in [0.15, 0.2) is 46.4 Å². The van der Waals surface area contributed by atoms with Gasteiger partial charge >= 0.3 is 0 Å². The van der Waals surface area contributed by atoms with Gasteiger partial charge in [0.2, 0.25) is 0 Å². The molecule has 0 aliphatic rings. The second kappa shape index (κ2) is 7.62. The Kier molecular flexibility index (Phi) is 5.80. The van der Waals surface area contributed by atoms with E-state index in [0.717, 1.165) is 5.56 Å². The molecule has 0 aliphatic carbocycles. The van der Waals surface area contributed by atoms with E-state index in [-0.39, 0.29) is 11.3 Å². The second-order valence-corrected chi connectivity index (χ2v) is 6.84. The molecule has 0 spiro atoms. The smallest absolute Gasteiger partial charge is 0.266 e. The van der Waals surface area contributed by atoms with Gasteiger partial charge < -0.3 is 10.4 Å². The molecule has 0 unspecified atom stereocenters. The number of benzene rings is 2. The average molecular weight is 483 g/mol. The van der Waals surface area contributed by atoms with Gasteiger partial charge in [-0.05, 0) is 81.3 Å². The highest BCUT2D eigenvalue weighted by molar-refractivity contribution is 14.1. The molecule has 2 N–H and O–H groups in total. The highest BCUT2D eigenvalue weighted by atomic mass is 127. The van der Waals surface area contributed by atoms with E-state index < -0.39 is 5.91 Å². The van der Waals surface area contributed by atoms with Crippen molar-refractivity contribution in [3.8, 4) is 11.8 Å². The lowest BCUT2D eigenvalue weighted by molar-refractivity contribution is -0.112. The van der Waals surface area contributed by atoms with Crippen molar-refractivity contribution in [2.24, 2.45) is 0 Å². The van der Waals surface area contributed by atoms with Gasteiger partial charge in [0, 0.05) is 5.69 Å². The molecular formula is C17H12BrIN2O2. The molecule has 23 heavy (non-hydrogen) atoms. The maximum atomic E-state index is 12.2. The van der Waals surface area contributed by atoms with E-state index in [1.54, 1.807) is 24.3 Å². The summed E-state index contributed by atoms with van der Waals surface area (Å²) in [6.07, 6.45) is 1.48. The van der Waals surface area contributed by atoms with Crippen molar-refractivity contribution < 1.29 is 9.90 Å². The van der Waals surface area contributed by atoms with Crippen LogP contribution >= 0.6 is 38.5 Å². The quantitative estimate of drug-likeness (QED) is 0.381. The summed E-state index contributed by atoms with van der Waals surface area (Å²) in [7, 11) is 0. The molecular weight excluding hydrogens is 471 g/mol. The molecule has 0 fully saturated rings. The number of carbonyl (C=O) groups excluding carboxylic acids is 1. The van der Waals surface area contributed by atoms with Crippen LogP contribution in [0.3, 0.4) is 0 Å². The number of hydrogen-bond acceptors (Lipinski definition) is 3. The maximum Gasteiger partial charge on any atom is 0.266 e. The molecule has 2 aromatic carbocycles. The van der Waals surface area contributed by atoms with Crippen LogP contribution in [0.1, 0.15) is 11.1 Å². The van der Waals surface area contributed by atoms with E-state index >= 15 is 0 Å². The Morgan fingerprint density at radius 1 is 1.35 bits per heavy atom. The van der Waals surface area contributed by atoms with E-state index in [2.05, 4.69) is 21.2 Å². The first-order chi connectivity index (χ1) is 10.9. The first-order valence-corrected chi connectivity index (χ1v) is 8.45. The Morgan fingerprint density at radius 2 is 2.00 bits per heavy atom. The summed E-state index contributed by atoms with van der Waals surface area (Å²) in [5, 5.41) is 21.6. The fourth-order valence-electron chi connectivity index (χ4n) is 1.82. The fourth-order valence-corrected chi connectivity index (χ4v) is 3.32. The van der Waals surface area contributed by atoms with Crippen LogP contribution < -0.4 is 5.32 Å². The van der Waals surface area contributed by atoms with Gasteiger partial charge in [-0.1, -0.05) is 17.7 Å². The summed E-state index contributed by atoms with van der Waals surface area (Å²) in [6.45, 7) is 1.95. The number of rotatable bonds is 3. The van der Waals surface area contributed by atoms with Crippen LogP contribution in [0.4, 0.5) is 5.69 Å². The van der Waals surface area contributed by atoms with Crippen LogP contribution in [0, 0.1) is 21.8 Å². The first kappa shape index (κ1) is 17.5. The number of nitriles is 1. The molecule has 1 amide bonds. The van der Waals surface area contributed by atoms with Crippen molar-refractivity contribution in [2.75, 3.05) is 5.32 Å². The number of anilines is 1. The molecule has 0 radical (unpaired) electrons. The summed E-state index contributed by atoms with van der Waals surface area (Å²) in [5.41, 5.74) is 2.35. The number of hydrogen-bond donors (Lipinski definition) is 2. The van der Waals surface area contributed by atoms with Gasteiger partial charge in [-0.25, -0.2) is 0 Å². The summed E-state index contributed by atoms with van der Waals surface area (Å²) < 4.78 is 1.13. The molecule has 0 bridgehead atoms. The maximum absolute atomic E-state index is 12.2. The summed E-state index contributed by atoms with van der Waals surface area (Å²) >= 11 is 5.22. The number of amides is 1. The van der Waals surface area contributed by atoms with Gasteiger partial charge in [-0.3, -0.25) is 4.79 Å². The zero-order valence-electron chi connectivity index (χ0n) is 12.1. The van der Waals surface area contributed by atoms with Gasteiger partial charge in [0.05, 0.1) is 8.04 Å². The minimum absolute atomic E-state index is 0.0148. The van der Waals surface area contributed by atoms with Crippen molar-refractivity contribution in [2.45, 2.75) is 6.92 Å². The van der Waals surface area contributed by atoms with Crippen molar-refractivity contribution >= 4 is 56.2 Å². The van der Waals surface area contributed by atoms with Crippen molar-refractivity contribution in [1.29, 1.82) is 5.26 Å². The third-order valence-electron chi connectivity index (χ3n) is 3.02. The third-order valence-corrected chi connectivity index (χ3v) is 4.45. The van der Waals surface area contributed by atoms with Gasteiger partial charge in [0.1, 0.15) is 17.4 Å². The molecule has 116 valence electrons. The highest BCUT2D eigenvalue weighted by Gasteiger charge is 2.11. The zero-order chi connectivity index (χ0) is 17.0. The Labute approximate surface area is 156 Å². The van der Waals surface area contributed by atoms with Gasteiger partial charge in [-0.15, -0.1) is 0 Å². The predicted octanol–water partition coefficient (Wildman–Crippen LogP) is 4.61. The van der Waals surface area contributed by atoms with Crippen molar-refractivity contribution in [3.05, 3.63) is 61.1 Å². The number of phenols is 1. The number of nitrogens with one attached hydrogen (secondary N) is 1. The van der Waals surface area contributed by atoms with Crippen LogP contribution in [-0.2, 0) is 4.79 Å². The lowest BCUT2D eigenvalue weighted by atomic mass is 10.1. The number of phenolic OH excluding ortho intramolecular Hbond substituents is 1. The van der Waals surface area contributed by atoms with Crippen LogP contribution in [0.5, 0.6) is 5.75 Å². The van der Waals surface area contributed by atoms with E-state index in [1.807, 2.05) is 47.7 Å². The number of aryl methyl sites for hydroxylation is 1. The third kappa shape index (κ3) is 4.56. The van der Waals surface area contributed by atoms with Gasteiger partial charge in [-0.2, -0.15) is 5.26 Å². The van der Waals surface area contributed by atoms with Crippen LogP contribution in [0.2, 0.25) is 0 Å². The van der Waals surface area contributed by atoms with Gasteiger partial charge in [0.15, 0.2) is 0 Å². The Morgan fingerprint density at radius 3 is 2.57 bits per heavy atom. The van der Waals surface area contributed by atoms with Crippen molar-refractivity contribution in [3.63, 3.8) is 0 Å². The predicted molar refractivity (Wildman–Crippen MR) is 102 cm³/mol. The lowest BCUT2D eigenvalue weighted by Gasteiger charge is -2.06. The van der Waals surface area contributed by atoms with E-state index in [1.165, 1.54) is 6.08 Å². The lowest BCUT2D eigenvalue weighted by Crippen LogP contribution is -2.13. The van der Waals surface area contributed by atoms with E-state index in [9.17, 15) is 15.2 Å². The number of halogens is 2. The minimum atomic E-state index is -0.476. The van der Waals surface area contributed by atoms with Crippen LogP contribution in [-0.4, -0.2) is 11.0 Å². The minimum Gasteiger partial charge on any atom is -0.506 e. The average Bonchev–Trinajstić information content (AvgIpc) is 2.52. The molecule has 0 atom stereocenters. The highest BCUT2D eigenvalue weighted by Crippen LogP contribution is 2.31. The summed E-state index contributed by atoms with van der Waals surface area (Å²) in [5.74, 6) is -0.346. The summed E-state index contributed by atoms with van der Waals surface area (Å²) in [6, 6.07) is 12.6. The largest absolute Gasteiger partial charge is 0.506 e. The molecule has 4 nitrogen and oxygen atoms in total. The molecule has 2 rings (SSSR count). The molecule has 6 heteroatoms. The molecule has 0 aromatic heterocycles. The van der Waals surface area contributed by atoms with Crippen molar-refractivity contribution in [1.82, 2.24) is 0 Å². The first-order valence-electron chi connectivity index (χ1n) is 6.58. The Hall–Kier alpha value is -1.85. The van der Waals surface area contributed by atoms with Crippen LogP contribution in [0.25, 0.3) is 6.08 Å². The van der Waals surface area contributed by atoms with E-state index in [4.69, 9.17) is 0 Å². The Bertz CT molecular complexity index is 800. The fraction of sp³-hybridized carbons (Fsp3) is 0.0588. The molecule has 2 aromatic rings. The summed E-state index contributed by atoms with van der Waals surface area (Å²) in [4.78, 5) is 12.2. The SMILES string of the molecule is Cc1ccc(NC(=O)/C(C#N)=C/c2cc(Br)c(O)c(I)c2)cc1. The standard InChI is InChI=1S/C17H12BrIN2O2/c1-10-2-4-13(5-3-10)21-17(23)12(9-20)6-11-7-14(18)16(22)15(19)8-11/h2-8,22H,1H3,(H,21,23)/b12-6+.